The van der Waals surface area contributed by atoms with Gasteiger partial charge < -0.3 is 4.90 Å². The highest BCUT2D eigenvalue weighted by molar-refractivity contribution is 5.99. The van der Waals surface area contributed by atoms with Crippen molar-refractivity contribution in [2.24, 2.45) is 0 Å². The third-order valence-electron chi connectivity index (χ3n) is 4.09. The van der Waals surface area contributed by atoms with Gasteiger partial charge in [0.15, 0.2) is 0 Å². The first kappa shape index (κ1) is 16.9. The molecule has 0 saturated heterocycles. The highest BCUT2D eigenvalue weighted by Gasteiger charge is 2.21. The molecule has 0 unspecified atom stereocenters. The minimum Gasteiger partial charge on any atom is -0.342 e. The second kappa shape index (κ2) is 7.75. The number of pyridine rings is 1. The monoisotopic (exact) mass is 334 g/mol. The van der Waals surface area contributed by atoms with Gasteiger partial charge in [-0.25, -0.2) is 4.68 Å². The Morgan fingerprint density at radius 1 is 1.16 bits per heavy atom. The number of aromatic nitrogens is 3. The summed E-state index contributed by atoms with van der Waals surface area (Å²) in [7, 11) is 1.84. The van der Waals surface area contributed by atoms with Crippen LogP contribution < -0.4 is 0 Å². The second-order valence-electron chi connectivity index (χ2n) is 5.99. The molecule has 5 heteroatoms. The number of para-hydroxylation sites is 1. The summed E-state index contributed by atoms with van der Waals surface area (Å²) in [6.07, 6.45) is 7.29. The van der Waals surface area contributed by atoms with E-state index in [0.29, 0.717) is 11.3 Å². The van der Waals surface area contributed by atoms with E-state index in [-0.39, 0.29) is 5.91 Å². The maximum absolute atomic E-state index is 12.9. The molecule has 5 nitrogen and oxygen atoms in total. The van der Waals surface area contributed by atoms with Crippen molar-refractivity contribution in [2.45, 2.75) is 19.8 Å². The van der Waals surface area contributed by atoms with Crippen LogP contribution in [0, 0.1) is 0 Å². The van der Waals surface area contributed by atoms with Crippen molar-refractivity contribution >= 4 is 5.91 Å². The van der Waals surface area contributed by atoms with Crippen LogP contribution in [0.5, 0.6) is 0 Å². The van der Waals surface area contributed by atoms with Gasteiger partial charge in [-0.05, 0) is 30.7 Å². The highest BCUT2D eigenvalue weighted by atomic mass is 16.2. The molecule has 0 aliphatic heterocycles. The summed E-state index contributed by atoms with van der Waals surface area (Å²) in [5.74, 6) is -0.0190. The summed E-state index contributed by atoms with van der Waals surface area (Å²) in [5, 5.41) is 4.66. The minimum atomic E-state index is -0.0190. The van der Waals surface area contributed by atoms with Crippen LogP contribution in [0.15, 0.2) is 61.1 Å². The van der Waals surface area contributed by atoms with Gasteiger partial charge in [0.1, 0.15) is 5.69 Å². The van der Waals surface area contributed by atoms with Crippen LogP contribution >= 0.6 is 0 Å². The lowest BCUT2D eigenvalue weighted by molar-refractivity contribution is 0.0794. The van der Waals surface area contributed by atoms with Crippen molar-refractivity contribution in [3.05, 3.63) is 66.6 Å². The Morgan fingerprint density at radius 3 is 2.64 bits per heavy atom. The van der Waals surface area contributed by atoms with Crippen LogP contribution in [0.25, 0.3) is 16.9 Å². The Labute approximate surface area is 147 Å². The minimum absolute atomic E-state index is 0.0190. The Balaban J connectivity index is 2.03. The molecule has 0 spiro atoms. The fraction of sp³-hybridized carbons (Fsp3) is 0.250. The molecule has 2 heterocycles. The molecule has 3 aromatic rings. The van der Waals surface area contributed by atoms with Gasteiger partial charge in [0.25, 0.3) is 5.91 Å². The largest absolute Gasteiger partial charge is 0.342 e. The Morgan fingerprint density at radius 2 is 1.96 bits per heavy atom. The SMILES string of the molecule is CCCCN(C)C(=O)c1cn(-c2ccccc2)nc1-c1cccnc1. The lowest BCUT2D eigenvalue weighted by atomic mass is 10.1. The zero-order chi connectivity index (χ0) is 17.6. The van der Waals surface area contributed by atoms with Crippen LogP contribution in [0.1, 0.15) is 30.1 Å². The van der Waals surface area contributed by atoms with Gasteiger partial charge in [-0.15, -0.1) is 0 Å². The second-order valence-corrected chi connectivity index (χ2v) is 5.99. The number of carbonyl (C=O) groups excluding carboxylic acids is 1. The smallest absolute Gasteiger partial charge is 0.257 e. The molecule has 3 rings (SSSR count). The van der Waals surface area contributed by atoms with Gasteiger partial charge in [0.2, 0.25) is 0 Å². The molecule has 0 N–H and O–H groups in total. The molecule has 0 atom stereocenters. The maximum atomic E-state index is 12.9. The van der Waals surface area contributed by atoms with Crippen molar-refractivity contribution in [1.82, 2.24) is 19.7 Å². The Hall–Kier alpha value is -2.95. The lowest BCUT2D eigenvalue weighted by Crippen LogP contribution is -2.27. The third kappa shape index (κ3) is 3.76. The molecule has 2 aromatic heterocycles. The molecule has 25 heavy (non-hydrogen) atoms. The fourth-order valence-electron chi connectivity index (χ4n) is 2.66. The summed E-state index contributed by atoms with van der Waals surface area (Å²) in [6, 6.07) is 13.6. The molecule has 0 aliphatic rings. The number of amides is 1. The van der Waals surface area contributed by atoms with Crippen LogP contribution in [0.3, 0.4) is 0 Å². The zero-order valence-electron chi connectivity index (χ0n) is 14.6. The van der Waals surface area contributed by atoms with E-state index in [2.05, 4.69) is 17.0 Å². The van der Waals surface area contributed by atoms with Crippen molar-refractivity contribution in [2.75, 3.05) is 13.6 Å². The van der Waals surface area contributed by atoms with Crippen LogP contribution in [0.4, 0.5) is 0 Å². The summed E-state index contributed by atoms with van der Waals surface area (Å²) in [5.41, 5.74) is 3.01. The predicted octanol–water partition coefficient (Wildman–Crippen LogP) is 3.81. The zero-order valence-corrected chi connectivity index (χ0v) is 14.6. The first-order valence-electron chi connectivity index (χ1n) is 8.51. The molecule has 0 aliphatic carbocycles. The lowest BCUT2D eigenvalue weighted by Gasteiger charge is -2.16. The van der Waals surface area contributed by atoms with Crippen LogP contribution in [-0.4, -0.2) is 39.2 Å². The van der Waals surface area contributed by atoms with Gasteiger partial charge >= 0.3 is 0 Å². The standard InChI is InChI=1S/C20H22N4O/c1-3-4-13-23(2)20(25)18-15-24(17-10-6-5-7-11-17)22-19(18)16-9-8-12-21-14-16/h5-12,14-15H,3-4,13H2,1-2H3. The summed E-state index contributed by atoms with van der Waals surface area (Å²) < 4.78 is 1.75. The normalized spacial score (nSPS) is 10.6. The number of carbonyl (C=O) groups is 1. The molecule has 0 saturated carbocycles. The maximum Gasteiger partial charge on any atom is 0.257 e. The van der Waals surface area contributed by atoms with Gasteiger partial charge in [-0.2, -0.15) is 5.10 Å². The molecule has 128 valence electrons. The van der Waals surface area contributed by atoms with E-state index in [4.69, 9.17) is 0 Å². The van der Waals surface area contributed by atoms with Gasteiger partial charge in [0.05, 0.1) is 11.3 Å². The van der Waals surface area contributed by atoms with Crippen molar-refractivity contribution in [3.63, 3.8) is 0 Å². The third-order valence-corrected chi connectivity index (χ3v) is 4.09. The molecular formula is C20H22N4O. The number of benzene rings is 1. The van der Waals surface area contributed by atoms with E-state index in [1.807, 2.05) is 55.7 Å². The van der Waals surface area contributed by atoms with Gasteiger partial charge in [-0.3, -0.25) is 9.78 Å². The first-order chi connectivity index (χ1) is 12.2. The van der Waals surface area contributed by atoms with Crippen molar-refractivity contribution < 1.29 is 4.79 Å². The molecule has 0 fully saturated rings. The van der Waals surface area contributed by atoms with Crippen LogP contribution in [0.2, 0.25) is 0 Å². The summed E-state index contributed by atoms with van der Waals surface area (Å²) in [4.78, 5) is 18.9. The molecule has 0 bridgehead atoms. The predicted molar refractivity (Wildman–Crippen MR) is 98.7 cm³/mol. The highest BCUT2D eigenvalue weighted by Crippen LogP contribution is 2.24. The van der Waals surface area contributed by atoms with E-state index in [1.165, 1.54) is 0 Å². The van der Waals surface area contributed by atoms with Crippen molar-refractivity contribution in [1.29, 1.82) is 0 Å². The van der Waals surface area contributed by atoms with E-state index in [1.54, 1.807) is 22.0 Å². The van der Waals surface area contributed by atoms with E-state index in [0.717, 1.165) is 30.6 Å². The summed E-state index contributed by atoms with van der Waals surface area (Å²) in [6.45, 7) is 2.85. The van der Waals surface area contributed by atoms with Crippen molar-refractivity contribution in [3.8, 4) is 16.9 Å². The Kier molecular flexibility index (Phi) is 5.23. The number of nitrogens with zero attached hydrogens (tertiary/aromatic N) is 4. The molecule has 1 aromatic carbocycles. The molecular weight excluding hydrogens is 312 g/mol. The number of hydrogen-bond acceptors (Lipinski definition) is 3. The first-order valence-corrected chi connectivity index (χ1v) is 8.51. The average Bonchev–Trinajstić information content (AvgIpc) is 3.12. The van der Waals surface area contributed by atoms with E-state index < -0.39 is 0 Å². The van der Waals surface area contributed by atoms with E-state index >= 15 is 0 Å². The summed E-state index contributed by atoms with van der Waals surface area (Å²) >= 11 is 0. The number of unbranched alkanes of at least 4 members (excludes halogenated alkanes) is 1. The fourth-order valence-corrected chi connectivity index (χ4v) is 2.66. The van der Waals surface area contributed by atoms with Gasteiger partial charge in [0, 0.05) is 37.7 Å². The van der Waals surface area contributed by atoms with E-state index in [9.17, 15) is 4.79 Å². The molecule has 0 radical (unpaired) electrons. The topological polar surface area (TPSA) is 51.0 Å². The molecule has 1 amide bonds. The number of hydrogen-bond donors (Lipinski definition) is 0. The quantitative estimate of drug-likeness (QED) is 0.689. The van der Waals surface area contributed by atoms with Gasteiger partial charge in [-0.1, -0.05) is 31.5 Å². The Bertz CT molecular complexity index is 827. The average molecular weight is 334 g/mol. The number of rotatable bonds is 6. The van der Waals surface area contributed by atoms with Crippen LogP contribution in [-0.2, 0) is 0 Å².